The lowest BCUT2D eigenvalue weighted by molar-refractivity contribution is 0.0243. The molecule has 0 spiro atoms. The van der Waals surface area contributed by atoms with E-state index in [-0.39, 0.29) is 23.1 Å². The molecular weight excluding hydrogens is 474 g/mol. The first-order valence-electron chi connectivity index (χ1n) is 13.7. The first-order valence-corrected chi connectivity index (χ1v) is 16.6. The molecule has 5 rings (SSSR count). The van der Waals surface area contributed by atoms with Crippen molar-refractivity contribution in [1.29, 1.82) is 0 Å². The first kappa shape index (κ1) is 25.9. The van der Waals surface area contributed by atoms with E-state index in [9.17, 15) is 4.79 Å². The van der Waals surface area contributed by atoms with Gasteiger partial charge in [-0.1, -0.05) is 63.9 Å². The molecule has 2 atom stereocenters. The van der Waals surface area contributed by atoms with E-state index in [0.29, 0.717) is 6.67 Å². The number of carbonyl (C=O) groups is 1. The van der Waals surface area contributed by atoms with Gasteiger partial charge in [-0.3, -0.25) is 9.78 Å². The minimum atomic E-state index is -1.95. The number of fused-ring (bicyclic) bond motifs is 3. The smallest absolute Gasteiger partial charge is 0.257 e. The zero-order valence-electron chi connectivity index (χ0n) is 23.2. The van der Waals surface area contributed by atoms with Crippen molar-refractivity contribution in [3.8, 4) is 0 Å². The van der Waals surface area contributed by atoms with Gasteiger partial charge in [0.2, 0.25) is 0 Å². The molecule has 1 fully saturated rings. The molecule has 0 unspecified atom stereocenters. The molecule has 1 aliphatic carbocycles. The van der Waals surface area contributed by atoms with Gasteiger partial charge < -0.3 is 14.6 Å². The Morgan fingerprint density at radius 1 is 1.08 bits per heavy atom. The van der Waals surface area contributed by atoms with Crippen LogP contribution < -0.4 is 5.32 Å². The van der Waals surface area contributed by atoms with Gasteiger partial charge in [-0.2, -0.15) is 0 Å². The third-order valence-corrected chi connectivity index (χ3v) is 13.2. The molecule has 3 aromatic rings. The third kappa shape index (κ3) is 5.06. The molecule has 5 nitrogen and oxygen atoms in total. The first-order chi connectivity index (χ1) is 17.5. The average molecular weight is 516 g/mol. The summed E-state index contributed by atoms with van der Waals surface area (Å²) >= 11 is 0. The van der Waals surface area contributed by atoms with Gasteiger partial charge in [0.05, 0.1) is 30.1 Å². The number of anilines is 1. The number of aryl methyl sites for hydroxylation is 1. The highest BCUT2D eigenvalue weighted by Gasteiger charge is 2.44. The number of nitrogens with one attached hydrogen (secondary N) is 1. The maximum absolute atomic E-state index is 14.1. The molecule has 0 radical (unpaired) electrons. The second-order valence-corrected chi connectivity index (χ2v) is 17.1. The Balaban J connectivity index is 1.49. The number of aromatic nitrogens is 1. The van der Waals surface area contributed by atoms with Crippen molar-refractivity contribution < 1.29 is 9.22 Å². The molecule has 1 amide bonds. The number of hydrogen-bond acceptors (Lipinski definition) is 4. The minimum absolute atomic E-state index is 0.0977. The number of benzene rings is 2. The van der Waals surface area contributed by atoms with Crippen molar-refractivity contribution in [1.82, 2.24) is 9.88 Å². The lowest BCUT2D eigenvalue weighted by Gasteiger charge is -2.47. The number of pyridine rings is 1. The molecule has 196 valence electrons. The van der Waals surface area contributed by atoms with Crippen molar-refractivity contribution in [3.63, 3.8) is 0 Å². The van der Waals surface area contributed by atoms with Crippen LogP contribution in [-0.2, 0) is 10.8 Å². The molecule has 1 aliphatic heterocycles. The van der Waals surface area contributed by atoms with Crippen LogP contribution in [0.25, 0.3) is 10.8 Å². The molecule has 1 saturated carbocycles. The van der Waals surface area contributed by atoms with E-state index < -0.39 is 8.32 Å². The van der Waals surface area contributed by atoms with Gasteiger partial charge in [-0.25, -0.2) is 0 Å². The zero-order valence-corrected chi connectivity index (χ0v) is 24.2. The summed E-state index contributed by atoms with van der Waals surface area (Å²) < 4.78 is 6.94. The zero-order chi connectivity index (χ0) is 26.4. The fraction of sp³-hybridized carbons (Fsp3) is 0.484. The summed E-state index contributed by atoms with van der Waals surface area (Å²) in [5.41, 5.74) is 5.06. The molecule has 1 N–H and O–H groups in total. The topological polar surface area (TPSA) is 54.5 Å². The summed E-state index contributed by atoms with van der Waals surface area (Å²) in [6.07, 6.45) is 7.12. The van der Waals surface area contributed by atoms with Crippen molar-refractivity contribution in [2.24, 2.45) is 0 Å². The Bertz CT molecular complexity index is 1300. The quantitative estimate of drug-likeness (QED) is 0.363. The van der Waals surface area contributed by atoms with Gasteiger partial charge >= 0.3 is 0 Å². The molecule has 1 aromatic heterocycles. The van der Waals surface area contributed by atoms with Crippen LogP contribution in [0.1, 0.15) is 73.6 Å². The normalized spacial score (nSPS) is 20.6. The minimum Gasteiger partial charge on any atom is -0.412 e. The van der Waals surface area contributed by atoms with E-state index >= 15 is 0 Å². The van der Waals surface area contributed by atoms with E-state index in [1.54, 1.807) is 0 Å². The number of carbonyl (C=O) groups excluding carboxylic acids is 1. The van der Waals surface area contributed by atoms with E-state index in [2.05, 4.69) is 91.5 Å². The second kappa shape index (κ2) is 9.88. The van der Waals surface area contributed by atoms with Gasteiger partial charge in [-0.05, 0) is 73.0 Å². The molecule has 2 aromatic carbocycles. The standard InChI is InChI=1S/C31H41N3O2Si/c1-21-15-16-22(19-32-21)17-23-18-26-29(25-12-8-7-11-24(23)25)33-20-34(30(26)35)27-13-9-10-14-28(27)36-37(5,6)31(2,3)4/h7-8,11-12,15-16,18-19,27-28,33H,9-10,13-14,17,20H2,1-6H3/t27-,28-/m0/s1. The molecule has 37 heavy (non-hydrogen) atoms. The van der Waals surface area contributed by atoms with Crippen LogP contribution in [0, 0.1) is 6.92 Å². The van der Waals surface area contributed by atoms with Crippen molar-refractivity contribution in [2.45, 2.75) is 90.1 Å². The number of amides is 1. The van der Waals surface area contributed by atoms with Crippen molar-refractivity contribution in [3.05, 3.63) is 71.0 Å². The Kier molecular flexibility index (Phi) is 6.92. The van der Waals surface area contributed by atoms with Crippen LogP contribution in [-0.4, -0.2) is 42.9 Å². The summed E-state index contributed by atoms with van der Waals surface area (Å²) in [7, 11) is -1.95. The second-order valence-electron chi connectivity index (χ2n) is 12.4. The molecule has 2 aliphatic rings. The lowest BCUT2D eigenvalue weighted by atomic mass is 9.89. The van der Waals surface area contributed by atoms with Crippen LogP contribution in [0.4, 0.5) is 5.69 Å². The summed E-state index contributed by atoms with van der Waals surface area (Å²) in [6.45, 7) is 14.0. The van der Waals surface area contributed by atoms with Crippen molar-refractivity contribution >= 4 is 30.7 Å². The highest BCUT2D eigenvalue weighted by molar-refractivity contribution is 6.74. The van der Waals surface area contributed by atoms with Gasteiger partial charge in [0.25, 0.3) is 5.91 Å². The van der Waals surface area contributed by atoms with E-state index in [0.717, 1.165) is 59.1 Å². The van der Waals surface area contributed by atoms with Gasteiger partial charge in [-0.15, -0.1) is 0 Å². The van der Waals surface area contributed by atoms with Gasteiger partial charge in [0.1, 0.15) is 0 Å². The predicted molar refractivity (Wildman–Crippen MR) is 155 cm³/mol. The fourth-order valence-corrected chi connectivity index (χ4v) is 6.95. The van der Waals surface area contributed by atoms with Crippen LogP contribution in [0.15, 0.2) is 48.7 Å². The Hall–Kier alpha value is -2.70. The third-order valence-electron chi connectivity index (χ3n) is 8.74. The van der Waals surface area contributed by atoms with Gasteiger partial charge in [0, 0.05) is 17.3 Å². The number of nitrogens with zero attached hydrogens (tertiary/aromatic N) is 2. The Labute approximate surface area is 222 Å². The SMILES string of the molecule is Cc1ccc(Cc2cc3c(c4ccccc24)NCN([C@H]2CCCC[C@@H]2O[Si](C)(C)C(C)(C)C)C3=O)cn1. The average Bonchev–Trinajstić information content (AvgIpc) is 2.86. The highest BCUT2D eigenvalue weighted by atomic mass is 28.4. The summed E-state index contributed by atoms with van der Waals surface area (Å²) in [5.74, 6) is 0.124. The molecular formula is C31H41N3O2Si. The molecule has 0 saturated heterocycles. The van der Waals surface area contributed by atoms with E-state index in [4.69, 9.17) is 4.43 Å². The lowest BCUT2D eigenvalue weighted by Crippen LogP contribution is -2.56. The van der Waals surface area contributed by atoms with Crippen LogP contribution in [0.2, 0.25) is 18.1 Å². The van der Waals surface area contributed by atoms with Crippen LogP contribution >= 0.6 is 0 Å². The summed E-state index contributed by atoms with van der Waals surface area (Å²) in [4.78, 5) is 20.7. The Morgan fingerprint density at radius 3 is 2.51 bits per heavy atom. The maximum Gasteiger partial charge on any atom is 0.257 e. The van der Waals surface area contributed by atoms with Crippen LogP contribution in [0.5, 0.6) is 0 Å². The maximum atomic E-state index is 14.1. The number of hydrogen-bond donors (Lipinski definition) is 1. The highest BCUT2D eigenvalue weighted by Crippen LogP contribution is 2.41. The largest absolute Gasteiger partial charge is 0.412 e. The molecule has 0 bridgehead atoms. The molecule has 2 heterocycles. The number of rotatable bonds is 5. The summed E-state index contributed by atoms with van der Waals surface area (Å²) in [6, 6.07) is 14.8. The monoisotopic (exact) mass is 515 g/mol. The van der Waals surface area contributed by atoms with E-state index in [1.165, 1.54) is 11.8 Å². The summed E-state index contributed by atoms with van der Waals surface area (Å²) in [5, 5.41) is 6.09. The molecule has 6 heteroatoms. The van der Waals surface area contributed by atoms with Crippen molar-refractivity contribution in [2.75, 3.05) is 12.0 Å². The predicted octanol–water partition coefficient (Wildman–Crippen LogP) is 7.29. The Morgan fingerprint density at radius 2 is 1.81 bits per heavy atom. The van der Waals surface area contributed by atoms with E-state index in [1.807, 2.05) is 13.1 Å². The van der Waals surface area contributed by atoms with Gasteiger partial charge in [0.15, 0.2) is 8.32 Å². The fourth-order valence-electron chi connectivity index (χ4n) is 5.56. The van der Waals surface area contributed by atoms with Crippen LogP contribution in [0.3, 0.4) is 0 Å².